The Labute approximate surface area is 118 Å². The second-order valence-corrected chi connectivity index (χ2v) is 4.60. The van der Waals surface area contributed by atoms with Gasteiger partial charge >= 0.3 is 0 Å². The molecule has 2 rings (SSSR count). The maximum atomic E-state index is 12.0. The van der Waals surface area contributed by atoms with Gasteiger partial charge in [0, 0.05) is 18.9 Å². The van der Waals surface area contributed by atoms with Crippen LogP contribution in [0.3, 0.4) is 0 Å². The molecule has 0 bridgehead atoms. The summed E-state index contributed by atoms with van der Waals surface area (Å²) in [4.78, 5) is 15.9. The highest BCUT2D eigenvalue weighted by Gasteiger charge is 2.14. The van der Waals surface area contributed by atoms with E-state index in [0.717, 1.165) is 16.9 Å². The molecule has 0 saturated carbocycles. The van der Waals surface area contributed by atoms with Crippen LogP contribution >= 0.6 is 0 Å². The Bertz CT molecular complexity index is 570. The predicted octanol–water partition coefficient (Wildman–Crippen LogP) is 2.47. The van der Waals surface area contributed by atoms with Crippen LogP contribution in [0.2, 0.25) is 0 Å². The number of aromatic nitrogens is 1. The Morgan fingerprint density at radius 1 is 1.25 bits per heavy atom. The molecule has 4 heteroatoms. The number of carbonyl (C=O) groups excluding carboxylic acids is 1. The van der Waals surface area contributed by atoms with E-state index in [2.05, 4.69) is 10.3 Å². The van der Waals surface area contributed by atoms with E-state index in [1.165, 1.54) is 0 Å². The summed E-state index contributed by atoms with van der Waals surface area (Å²) in [5.41, 5.74) is 2.03. The molecule has 1 aromatic carbocycles. The van der Waals surface area contributed by atoms with E-state index in [1.807, 2.05) is 43.3 Å². The van der Waals surface area contributed by atoms with E-state index in [4.69, 9.17) is 4.74 Å². The summed E-state index contributed by atoms with van der Waals surface area (Å²) in [6.07, 6.45) is 2.88. The fourth-order valence-corrected chi connectivity index (χ4v) is 1.77. The first-order chi connectivity index (χ1) is 9.66. The number of amides is 1. The molecule has 0 aliphatic rings. The van der Waals surface area contributed by atoms with Crippen LogP contribution in [0.15, 0.2) is 48.8 Å². The second kappa shape index (κ2) is 6.70. The molecule has 0 radical (unpaired) electrons. The molecular formula is C16H18N2O2. The van der Waals surface area contributed by atoms with Crippen LogP contribution in [-0.4, -0.2) is 17.0 Å². The average Bonchev–Trinajstić information content (AvgIpc) is 2.48. The van der Waals surface area contributed by atoms with Crippen molar-refractivity contribution in [3.05, 3.63) is 59.9 Å². The van der Waals surface area contributed by atoms with Crippen LogP contribution in [0.5, 0.6) is 5.75 Å². The van der Waals surface area contributed by atoms with Crippen LogP contribution < -0.4 is 10.1 Å². The fourth-order valence-electron chi connectivity index (χ4n) is 1.77. The van der Waals surface area contributed by atoms with Gasteiger partial charge in [-0.05, 0) is 43.2 Å². The van der Waals surface area contributed by atoms with E-state index in [1.54, 1.807) is 19.3 Å². The van der Waals surface area contributed by atoms with Gasteiger partial charge in [-0.3, -0.25) is 9.78 Å². The Balaban J connectivity index is 1.88. The second-order valence-electron chi connectivity index (χ2n) is 4.60. The summed E-state index contributed by atoms with van der Waals surface area (Å²) in [7, 11) is 0. The maximum Gasteiger partial charge on any atom is 0.261 e. The lowest BCUT2D eigenvalue weighted by atomic mass is 10.2. The normalized spacial score (nSPS) is 11.7. The number of hydrogen-bond acceptors (Lipinski definition) is 3. The Morgan fingerprint density at radius 2 is 1.95 bits per heavy atom. The van der Waals surface area contributed by atoms with Crippen molar-refractivity contribution in [1.82, 2.24) is 10.3 Å². The van der Waals surface area contributed by atoms with Gasteiger partial charge in [-0.1, -0.05) is 18.2 Å². The number of benzene rings is 1. The van der Waals surface area contributed by atoms with Crippen molar-refractivity contribution in [3.63, 3.8) is 0 Å². The molecule has 1 atom stereocenters. The molecule has 0 aliphatic carbocycles. The Kier molecular flexibility index (Phi) is 4.71. The van der Waals surface area contributed by atoms with Crippen molar-refractivity contribution in [2.24, 2.45) is 0 Å². The number of pyridine rings is 1. The van der Waals surface area contributed by atoms with Crippen LogP contribution in [-0.2, 0) is 11.3 Å². The van der Waals surface area contributed by atoms with E-state index in [0.29, 0.717) is 6.54 Å². The quantitative estimate of drug-likeness (QED) is 0.908. The summed E-state index contributed by atoms with van der Waals surface area (Å²) < 4.78 is 5.67. The third kappa shape index (κ3) is 3.82. The van der Waals surface area contributed by atoms with E-state index >= 15 is 0 Å². The average molecular weight is 270 g/mol. The molecule has 4 nitrogen and oxygen atoms in total. The van der Waals surface area contributed by atoms with Crippen molar-refractivity contribution in [2.45, 2.75) is 26.5 Å². The van der Waals surface area contributed by atoms with Crippen LogP contribution in [0, 0.1) is 6.92 Å². The van der Waals surface area contributed by atoms with E-state index in [9.17, 15) is 4.79 Å². The molecule has 20 heavy (non-hydrogen) atoms. The van der Waals surface area contributed by atoms with Crippen LogP contribution in [0.1, 0.15) is 18.1 Å². The molecule has 2 aromatic rings. The third-order valence-corrected chi connectivity index (χ3v) is 2.98. The van der Waals surface area contributed by atoms with E-state index < -0.39 is 6.10 Å². The summed E-state index contributed by atoms with van der Waals surface area (Å²) in [5, 5.41) is 2.85. The number of para-hydroxylation sites is 1. The smallest absolute Gasteiger partial charge is 0.261 e. The summed E-state index contributed by atoms with van der Waals surface area (Å²) in [6, 6.07) is 11.4. The number of aryl methyl sites for hydroxylation is 1. The molecule has 1 heterocycles. The number of carbonyl (C=O) groups is 1. The highest BCUT2D eigenvalue weighted by Crippen LogP contribution is 2.17. The highest BCUT2D eigenvalue weighted by atomic mass is 16.5. The van der Waals surface area contributed by atoms with Gasteiger partial charge in [0.1, 0.15) is 5.75 Å². The summed E-state index contributed by atoms with van der Waals surface area (Å²) >= 11 is 0. The molecule has 1 amide bonds. The predicted molar refractivity (Wildman–Crippen MR) is 77.4 cm³/mol. The van der Waals surface area contributed by atoms with Gasteiger partial charge in [0.25, 0.3) is 5.91 Å². The lowest BCUT2D eigenvalue weighted by molar-refractivity contribution is -0.127. The minimum atomic E-state index is -0.530. The van der Waals surface area contributed by atoms with Gasteiger partial charge in [-0.2, -0.15) is 0 Å². The molecule has 0 spiro atoms. The van der Waals surface area contributed by atoms with Crippen molar-refractivity contribution in [3.8, 4) is 5.75 Å². The first-order valence-corrected chi connectivity index (χ1v) is 6.55. The summed E-state index contributed by atoms with van der Waals surface area (Å²) in [6.45, 7) is 4.17. The zero-order valence-corrected chi connectivity index (χ0v) is 11.7. The fraction of sp³-hybridized carbons (Fsp3) is 0.250. The topological polar surface area (TPSA) is 51.2 Å². The van der Waals surface area contributed by atoms with Gasteiger partial charge in [-0.25, -0.2) is 0 Å². The molecule has 0 saturated heterocycles. The minimum Gasteiger partial charge on any atom is -0.481 e. The SMILES string of the molecule is Cc1ccccc1O[C@H](C)C(=O)NCc1ccncc1. The first-order valence-electron chi connectivity index (χ1n) is 6.55. The third-order valence-electron chi connectivity index (χ3n) is 2.98. The molecule has 1 N–H and O–H groups in total. The lowest BCUT2D eigenvalue weighted by Gasteiger charge is -2.16. The molecule has 0 aliphatic heterocycles. The lowest BCUT2D eigenvalue weighted by Crippen LogP contribution is -2.36. The van der Waals surface area contributed by atoms with Gasteiger partial charge < -0.3 is 10.1 Å². The summed E-state index contributed by atoms with van der Waals surface area (Å²) in [5.74, 6) is 0.601. The van der Waals surface area contributed by atoms with Crippen molar-refractivity contribution < 1.29 is 9.53 Å². The van der Waals surface area contributed by atoms with Gasteiger partial charge in [0.15, 0.2) is 6.10 Å². The standard InChI is InChI=1S/C16H18N2O2/c1-12-5-3-4-6-15(12)20-13(2)16(19)18-11-14-7-9-17-10-8-14/h3-10,13H,11H2,1-2H3,(H,18,19)/t13-/m1/s1. The van der Waals surface area contributed by atoms with Crippen LogP contribution in [0.4, 0.5) is 0 Å². The number of nitrogens with one attached hydrogen (secondary N) is 1. The van der Waals surface area contributed by atoms with Crippen molar-refractivity contribution in [1.29, 1.82) is 0 Å². The number of hydrogen-bond donors (Lipinski definition) is 1. The first kappa shape index (κ1) is 14.1. The largest absolute Gasteiger partial charge is 0.481 e. The molecule has 1 aromatic heterocycles. The number of rotatable bonds is 5. The zero-order chi connectivity index (χ0) is 14.4. The monoisotopic (exact) mass is 270 g/mol. The number of nitrogens with zero attached hydrogens (tertiary/aromatic N) is 1. The van der Waals surface area contributed by atoms with Crippen LogP contribution in [0.25, 0.3) is 0 Å². The van der Waals surface area contributed by atoms with Gasteiger partial charge in [0.05, 0.1) is 0 Å². The highest BCUT2D eigenvalue weighted by molar-refractivity contribution is 5.80. The maximum absolute atomic E-state index is 12.0. The molecule has 0 fully saturated rings. The minimum absolute atomic E-state index is 0.134. The molecule has 104 valence electrons. The van der Waals surface area contributed by atoms with E-state index in [-0.39, 0.29) is 5.91 Å². The Morgan fingerprint density at radius 3 is 2.65 bits per heavy atom. The molecule has 0 unspecified atom stereocenters. The zero-order valence-electron chi connectivity index (χ0n) is 11.7. The molecular weight excluding hydrogens is 252 g/mol. The van der Waals surface area contributed by atoms with Crippen molar-refractivity contribution in [2.75, 3.05) is 0 Å². The number of ether oxygens (including phenoxy) is 1. The Hall–Kier alpha value is -2.36. The van der Waals surface area contributed by atoms with Crippen molar-refractivity contribution >= 4 is 5.91 Å². The van der Waals surface area contributed by atoms with Gasteiger partial charge in [0.2, 0.25) is 0 Å². The van der Waals surface area contributed by atoms with Gasteiger partial charge in [-0.15, -0.1) is 0 Å².